The van der Waals surface area contributed by atoms with Gasteiger partial charge in [0.25, 0.3) is 10.1 Å². The molecule has 0 aliphatic carbocycles. The molecule has 0 amide bonds. The largest absolute Gasteiger partial charge is 0.700 e. The van der Waals surface area contributed by atoms with Crippen LogP contribution in [0.15, 0.2) is 59.5 Å². The van der Waals surface area contributed by atoms with Crippen molar-refractivity contribution < 1.29 is 26.2 Å². The van der Waals surface area contributed by atoms with Gasteiger partial charge in [0.05, 0.1) is 4.90 Å². The van der Waals surface area contributed by atoms with Crippen molar-refractivity contribution in [2.45, 2.75) is 18.4 Å². The number of hydrogen-bond donors (Lipinski definition) is 0. The third-order valence-corrected chi connectivity index (χ3v) is 4.76. The van der Waals surface area contributed by atoms with Gasteiger partial charge in [0.2, 0.25) is 6.79 Å². The van der Waals surface area contributed by atoms with E-state index in [2.05, 4.69) is 4.18 Å². The molecule has 0 aliphatic rings. The molecule has 0 saturated carbocycles. The maximum atomic E-state index is 11.9. The lowest BCUT2D eigenvalue weighted by Gasteiger charge is -2.02. The number of hydrogen-bond acceptors (Lipinski definition) is 6. The zero-order valence-corrected chi connectivity index (χ0v) is 14.1. The highest BCUT2D eigenvalue weighted by Crippen LogP contribution is 2.26. The van der Waals surface area contributed by atoms with E-state index in [1.807, 2.05) is 37.3 Å². The van der Waals surface area contributed by atoms with E-state index >= 15 is 0 Å². The SMILES string of the molecule is Cc1ccc(S(=O)(=O)OCO[P+](=O)OCc2ccccc2)cc1. The van der Waals surface area contributed by atoms with Gasteiger partial charge in [-0.1, -0.05) is 52.6 Å². The quantitative estimate of drug-likeness (QED) is 0.409. The van der Waals surface area contributed by atoms with Crippen LogP contribution in [0.1, 0.15) is 11.1 Å². The molecule has 0 saturated heterocycles. The molecule has 0 aliphatic heterocycles. The van der Waals surface area contributed by atoms with Gasteiger partial charge in [0.15, 0.2) is 0 Å². The highest BCUT2D eigenvalue weighted by molar-refractivity contribution is 7.86. The van der Waals surface area contributed by atoms with Gasteiger partial charge >= 0.3 is 8.25 Å². The lowest BCUT2D eigenvalue weighted by Crippen LogP contribution is -2.08. The van der Waals surface area contributed by atoms with Crippen molar-refractivity contribution in [2.75, 3.05) is 6.79 Å². The fourth-order valence-electron chi connectivity index (χ4n) is 1.64. The van der Waals surface area contributed by atoms with Crippen LogP contribution in [0.3, 0.4) is 0 Å². The van der Waals surface area contributed by atoms with Crippen LogP contribution in [0.4, 0.5) is 0 Å². The number of aryl methyl sites for hydroxylation is 1. The molecule has 0 bridgehead atoms. The van der Waals surface area contributed by atoms with Crippen LogP contribution >= 0.6 is 8.25 Å². The van der Waals surface area contributed by atoms with E-state index in [1.54, 1.807) is 12.1 Å². The van der Waals surface area contributed by atoms with E-state index in [1.165, 1.54) is 12.1 Å². The smallest absolute Gasteiger partial charge is 0.232 e. The molecular weight excluding hydrogens is 339 g/mol. The van der Waals surface area contributed by atoms with Crippen molar-refractivity contribution in [1.29, 1.82) is 0 Å². The Morgan fingerprint density at radius 1 is 0.957 bits per heavy atom. The summed E-state index contributed by atoms with van der Waals surface area (Å²) in [7, 11) is -6.42. The first-order valence-electron chi connectivity index (χ1n) is 6.70. The molecule has 0 N–H and O–H groups in total. The highest BCUT2D eigenvalue weighted by atomic mass is 32.2. The minimum absolute atomic E-state index is 0.00660. The molecule has 0 spiro atoms. The van der Waals surface area contributed by atoms with Crippen LogP contribution in [0.25, 0.3) is 0 Å². The van der Waals surface area contributed by atoms with Gasteiger partial charge < -0.3 is 0 Å². The van der Waals surface area contributed by atoms with Gasteiger partial charge in [-0.2, -0.15) is 8.42 Å². The Bertz CT molecular complexity index is 743. The molecule has 0 radical (unpaired) electrons. The van der Waals surface area contributed by atoms with Gasteiger partial charge in [0, 0.05) is 4.57 Å². The molecule has 1 unspecified atom stereocenters. The average molecular weight is 355 g/mol. The molecule has 122 valence electrons. The Kier molecular flexibility index (Phi) is 6.38. The summed E-state index contributed by atoms with van der Waals surface area (Å²) in [6, 6.07) is 15.3. The minimum Gasteiger partial charge on any atom is -0.232 e. The molecule has 1 atom stereocenters. The summed E-state index contributed by atoms with van der Waals surface area (Å²) in [5.74, 6) is 0. The second-order valence-corrected chi connectivity index (χ2v) is 7.19. The predicted molar refractivity (Wildman–Crippen MR) is 84.2 cm³/mol. The standard InChI is InChI=1S/C15H16O6PS/c1-13-7-9-15(10-8-13)23(17,18)21-12-20-22(16)19-11-14-5-3-2-4-6-14/h2-10H,11-12H2,1H3/q+1. The van der Waals surface area contributed by atoms with Crippen LogP contribution < -0.4 is 0 Å². The van der Waals surface area contributed by atoms with Crippen LogP contribution in [0.2, 0.25) is 0 Å². The van der Waals surface area contributed by atoms with E-state index < -0.39 is 25.2 Å². The van der Waals surface area contributed by atoms with E-state index in [4.69, 9.17) is 9.05 Å². The topological polar surface area (TPSA) is 78.9 Å². The van der Waals surface area contributed by atoms with Crippen molar-refractivity contribution >= 4 is 18.4 Å². The van der Waals surface area contributed by atoms with Gasteiger partial charge in [-0.3, -0.25) is 0 Å². The predicted octanol–water partition coefficient (Wildman–Crippen LogP) is 3.55. The van der Waals surface area contributed by atoms with Crippen LogP contribution in [-0.4, -0.2) is 15.2 Å². The Hall–Kier alpha value is -1.63. The molecule has 0 aromatic heterocycles. The Balaban J connectivity index is 1.77. The van der Waals surface area contributed by atoms with Crippen molar-refractivity contribution in [3.05, 3.63) is 65.7 Å². The van der Waals surface area contributed by atoms with E-state index in [0.717, 1.165) is 11.1 Å². The maximum absolute atomic E-state index is 11.9. The summed E-state index contributed by atoms with van der Waals surface area (Å²) in [5.41, 5.74) is 1.75. The summed E-state index contributed by atoms with van der Waals surface area (Å²) in [4.78, 5) is 0.00660. The van der Waals surface area contributed by atoms with Gasteiger partial charge in [-0.15, -0.1) is 4.52 Å². The molecule has 0 fully saturated rings. The Labute approximate surface area is 136 Å². The zero-order chi connectivity index (χ0) is 16.7. The molecule has 2 aromatic carbocycles. The van der Waals surface area contributed by atoms with E-state index in [0.29, 0.717) is 0 Å². The third kappa shape index (κ3) is 5.82. The minimum atomic E-state index is -3.95. The summed E-state index contributed by atoms with van der Waals surface area (Å²) in [5, 5.41) is 0. The first-order chi connectivity index (χ1) is 11.0. The zero-order valence-electron chi connectivity index (χ0n) is 12.4. The van der Waals surface area contributed by atoms with Crippen LogP contribution in [0.5, 0.6) is 0 Å². The molecule has 2 aromatic rings. The summed E-state index contributed by atoms with van der Waals surface area (Å²) in [6.07, 6.45) is 0. The fraction of sp³-hybridized carbons (Fsp3) is 0.200. The number of benzene rings is 2. The number of rotatable bonds is 8. The highest BCUT2D eigenvalue weighted by Gasteiger charge is 2.23. The summed E-state index contributed by atoms with van der Waals surface area (Å²) < 4.78 is 49.6. The van der Waals surface area contributed by atoms with Crippen molar-refractivity contribution in [3.63, 3.8) is 0 Å². The Morgan fingerprint density at radius 3 is 2.26 bits per heavy atom. The van der Waals surface area contributed by atoms with E-state index in [-0.39, 0.29) is 11.5 Å². The van der Waals surface area contributed by atoms with E-state index in [9.17, 15) is 13.0 Å². The first-order valence-corrected chi connectivity index (χ1v) is 9.21. The molecular formula is C15H16O6PS+. The molecule has 0 heterocycles. The molecule has 6 nitrogen and oxygen atoms in total. The van der Waals surface area contributed by atoms with Crippen molar-refractivity contribution in [2.24, 2.45) is 0 Å². The van der Waals surface area contributed by atoms with Crippen LogP contribution in [0, 0.1) is 6.92 Å². The van der Waals surface area contributed by atoms with Crippen LogP contribution in [-0.2, 0) is 34.5 Å². The second-order valence-electron chi connectivity index (χ2n) is 4.61. The fourth-order valence-corrected chi connectivity index (χ4v) is 2.96. The maximum Gasteiger partial charge on any atom is 0.700 e. The summed E-state index contributed by atoms with van der Waals surface area (Å²) >= 11 is 0. The van der Waals surface area contributed by atoms with Crippen molar-refractivity contribution in [1.82, 2.24) is 0 Å². The average Bonchev–Trinajstić information content (AvgIpc) is 2.54. The Morgan fingerprint density at radius 2 is 1.61 bits per heavy atom. The van der Waals surface area contributed by atoms with Gasteiger partial charge in [-0.05, 0) is 24.6 Å². The first kappa shape index (κ1) is 17.7. The monoisotopic (exact) mass is 355 g/mol. The molecule has 8 heteroatoms. The normalized spacial score (nSPS) is 12.1. The lowest BCUT2D eigenvalue weighted by molar-refractivity contribution is 0.107. The molecule has 2 rings (SSSR count). The second kappa shape index (κ2) is 8.29. The summed E-state index contributed by atoms with van der Waals surface area (Å²) in [6.45, 7) is 1.26. The lowest BCUT2D eigenvalue weighted by atomic mass is 10.2. The third-order valence-electron chi connectivity index (χ3n) is 2.85. The van der Waals surface area contributed by atoms with Crippen molar-refractivity contribution in [3.8, 4) is 0 Å². The van der Waals surface area contributed by atoms with Gasteiger partial charge in [-0.25, -0.2) is 4.18 Å². The molecule has 23 heavy (non-hydrogen) atoms. The van der Waals surface area contributed by atoms with Gasteiger partial charge in [0.1, 0.15) is 6.61 Å².